The molecule has 0 amide bonds. The van der Waals surface area contributed by atoms with Gasteiger partial charge < -0.3 is 10.1 Å². The van der Waals surface area contributed by atoms with E-state index >= 15 is 0 Å². The normalized spacial score (nSPS) is 33.0. The molecule has 1 saturated heterocycles. The summed E-state index contributed by atoms with van der Waals surface area (Å²) in [4.78, 5) is 2.25. The highest BCUT2D eigenvalue weighted by Crippen LogP contribution is 2.11. The Labute approximate surface area is 61.3 Å². The minimum absolute atomic E-state index is 0.420. The van der Waals surface area contributed by atoms with E-state index in [1.54, 1.807) is 0 Å². The van der Waals surface area contributed by atoms with Crippen LogP contribution in [0.3, 0.4) is 0 Å². The number of piperidine rings is 1. The van der Waals surface area contributed by atoms with Gasteiger partial charge in [0.15, 0.2) is 0 Å². The number of nitrogens with zero attached hydrogens (tertiary/aromatic N) is 2. The smallest absolute Gasteiger partial charge is 0.0624 e. The summed E-state index contributed by atoms with van der Waals surface area (Å²) >= 11 is 0. The Balaban J connectivity index is 2.52. The van der Waals surface area contributed by atoms with Crippen molar-refractivity contribution in [3.05, 3.63) is 0 Å². The van der Waals surface area contributed by atoms with Gasteiger partial charge in [-0.2, -0.15) is 0 Å². The third kappa shape index (κ3) is 1.48. The summed E-state index contributed by atoms with van der Waals surface area (Å²) in [6, 6.07) is 0. The molecular formula is C7H14N2O. The second-order valence-corrected chi connectivity index (χ2v) is 3.00. The molecule has 0 aliphatic carbocycles. The maximum Gasteiger partial charge on any atom is 0.0624 e. The standard InChI is InChI=1S/C7H14N2O/c1-6-5-9(2)4-3-7(6)8-10/h6,10H,3-5H2,1-2H3. The van der Waals surface area contributed by atoms with Gasteiger partial charge in [-0.05, 0) is 7.05 Å². The van der Waals surface area contributed by atoms with Crippen LogP contribution >= 0.6 is 0 Å². The molecule has 0 spiro atoms. The van der Waals surface area contributed by atoms with Gasteiger partial charge in [0.05, 0.1) is 5.71 Å². The van der Waals surface area contributed by atoms with Crippen molar-refractivity contribution in [2.75, 3.05) is 20.1 Å². The molecular weight excluding hydrogens is 128 g/mol. The zero-order chi connectivity index (χ0) is 7.56. The van der Waals surface area contributed by atoms with Crippen LogP contribution in [0.5, 0.6) is 0 Å². The first-order valence-corrected chi connectivity index (χ1v) is 3.63. The Kier molecular flexibility index (Phi) is 2.27. The fourth-order valence-electron chi connectivity index (χ4n) is 1.36. The highest BCUT2D eigenvalue weighted by Gasteiger charge is 2.19. The predicted octanol–water partition coefficient (Wildman–Crippen LogP) is 0.788. The van der Waals surface area contributed by atoms with Crippen LogP contribution in [0.25, 0.3) is 0 Å². The van der Waals surface area contributed by atoms with E-state index in [2.05, 4.69) is 24.0 Å². The average Bonchev–Trinajstić information content (AvgIpc) is 1.88. The number of hydrogen-bond acceptors (Lipinski definition) is 3. The fourth-order valence-corrected chi connectivity index (χ4v) is 1.36. The number of oxime groups is 1. The molecule has 3 nitrogen and oxygen atoms in total. The molecule has 1 unspecified atom stereocenters. The second kappa shape index (κ2) is 3.01. The molecule has 1 heterocycles. The topological polar surface area (TPSA) is 35.8 Å². The van der Waals surface area contributed by atoms with Crippen molar-refractivity contribution in [2.45, 2.75) is 13.3 Å². The molecule has 1 fully saturated rings. The number of rotatable bonds is 0. The summed E-state index contributed by atoms with van der Waals surface area (Å²) in [5.74, 6) is 0.420. The molecule has 58 valence electrons. The van der Waals surface area contributed by atoms with Crippen LogP contribution in [-0.2, 0) is 0 Å². The minimum atomic E-state index is 0.420. The molecule has 1 atom stereocenters. The Morgan fingerprint density at radius 2 is 2.40 bits per heavy atom. The number of hydrogen-bond donors (Lipinski definition) is 1. The highest BCUT2D eigenvalue weighted by molar-refractivity contribution is 5.86. The van der Waals surface area contributed by atoms with Crippen molar-refractivity contribution >= 4 is 5.71 Å². The summed E-state index contributed by atoms with van der Waals surface area (Å²) in [6.45, 7) is 4.12. The first kappa shape index (κ1) is 7.54. The van der Waals surface area contributed by atoms with Gasteiger partial charge in [-0.15, -0.1) is 0 Å². The van der Waals surface area contributed by atoms with Gasteiger partial charge in [0.25, 0.3) is 0 Å². The molecule has 0 aromatic carbocycles. The molecule has 0 saturated carbocycles. The SMILES string of the molecule is CC1CN(C)CCC1=NO. The van der Waals surface area contributed by atoms with Crippen molar-refractivity contribution in [2.24, 2.45) is 11.1 Å². The Morgan fingerprint density at radius 1 is 1.70 bits per heavy atom. The maximum absolute atomic E-state index is 8.52. The molecule has 10 heavy (non-hydrogen) atoms. The third-order valence-electron chi connectivity index (χ3n) is 2.03. The lowest BCUT2D eigenvalue weighted by molar-refractivity contribution is 0.274. The van der Waals surface area contributed by atoms with E-state index in [9.17, 15) is 0 Å². The molecule has 0 bridgehead atoms. The van der Waals surface area contributed by atoms with Crippen molar-refractivity contribution < 1.29 is 5.21 Å². The van der Waals surface area contributed by atoms with E-state index in [-0.39, 0.29) is 0 Å². The van der Waals surface area contributed by atoms with Crippen LogP contribution in [-0.4, -0.2) is 36.0 Å². The van der Waals surface area contributed by atoms with Crippen LogP contribution in [0.4, 0.5) is 0 Å². The van der Waals surface area contributed by atoms with Crippen molar-refractivity contribution in [3.63, 3.8) is 0 Å². The van der Waals surface area contributed by atoms with Gasteiger partial charge in [0.2, 0.25) is 0 Å². The van der Waals surface area contributed by atoms with Crippen molar-refractivity contribution in [1.82, 2.24) is 4.90 Å². The largest absolute Gasteiger partial charge is 0.411 e. The zero-order valence-electron chi connectivity index (χ0n) is 6.54. The van der Waals surface area contributed by atoms with Crippen molar-refractivity contribution in [1.29, 1.82) is 0 Å². The van der Waals surface area contributed by atoms with Gasteiger partial charge in [-0.25, -0.2) is 0 Å². The van der Waals surface area contributed by atoms with Gasteiger partial charge in [0.1, 0.15) is 0 Å². The predicted molar refractivity (Wildman–Crippen MR) is 40.5 cm³/mol. The van der Waals surface area contributed by atoms with E-state index < -0.39 is 0 Å². The van der Waals surface area contributed by atoms with Crippen LogP contribution < -0.4 is 0 Å². The lowest BCUT2D eigenvalue weighted by atomic mass is 9.98. The summed E-state index contributed by atoms with van der Waals surface area (Å²) in [5.41, 5.74) is 0.943. The minimum Gasteiger partial charge on any atom is -0.411 e. The Morgan fingerprint density at radius 3 is 2.90 bits per heavy atom. The summed E-state index contributed by atoms with van der Waals surface area (Å²) in [7, 11) is 2.09. The molecule has 1 N–H and O–H groups in total. The molecule has 0 radical (unpaired) electrons. The Bertz CT molecular complexity index is 145. The fraction of sp³-hybridized carbons (Fsp3) is 0.857. The lowest BCUT2D eigenvalue weighted by Crippen LogP contribution is -2.36. The molecule has 1 aliphatic heterocycles. The number of likely N-dealkylation sites (tertiary alicyclic amines) is 1. The quantitative estimate of drug-likeness (QED) is 0.401. The molecule has 0 aromatic rings. The second-order valence-electron chi connectivity index (χ2n) is 3.00. The van der Waals surface area contributed by atoms with Crippen LogP contribution in [0.2, 0.25) is 0 Å². The van der Waals surface area contributed by atoms with Gasteiger partial charge in [0, 0.05) is 25.4 Å². The Hall–Kier alpha value is -0.570. The monoisotopic (exact) mass is 142 g/mol. The molecule has 1 rings (SSSR count). The van der Waals surface area contributed by atoms with E-state index in [4.69, 9.17) is 5.21 Å². The average molecular weight is 142 g/mol. The van der Waals surface area contributed by atoms with Gasteiger partial charge >= 0.3 is 0 Å². The zero-order valence-corrected chi connectivity index (χ0v) is 6.54. The van der Waals surface area contributed by atoms with Crippen LogP contribution in [0.15, 0.2) is 5.16 Å². The molecule has 3 heteroatoms. The molecule has 1 aliphatic rings. The molecule has 0 aromatic heterocycles. The van der Waals surface area contributed by atoms with E-state index in [0.29, 0.717) is 5.92 Å². The van der Waals surface area contributed by atoms with Crippen molar-refractivity contribution in [3.8, 4) is 0 Å². The highest BCUT2D eigenvalue weighted by atomic mass is 16.4. The van der Waals surface area contributed by atoms with Crippen LogP contribution in [0, 0.1) is 5.92 Å². The first-order chi connectivity index (χ1) is 4.74. The first-order valence-electron chi connectivity index (χ1n) is 3.63. The maximum atomic E-state index is 8.52. The third-order valence-corrected chi connectivity index (χ3v) is 2.03. The summed E-state index contributed by atoms with van der Waals surface area (Å²) in [5, 5.41) is 11.8. The van der Waals surface area contributed by atoms with Gasteiger partial charge in [-0.3, -0.25) is 0 Å². The lowest BCUT2D eigenvalue weighted by Gasteiger charge is -2.27. The van der Waals surface area contributed by atoms with E-state index in [1.165, 1.54) is 0 Å². The summed E-state index contributed by atoms with van der Waals surface area (Å²) in [6.07, 6.45) is 0.911. The van der Waals surface area contributed by atoms with Gasteiger partial charge in [-0.1, -0.05) is 12.1 Å². The van der Waals surface area contributed by atoms with Crippen LogP contribution in [0.1, 0.15) is 13.3 Å². The van der Waals surface area contributed by atoms with E-state index in [0.717, 1.165) is 25.2 Å². The summed E-state index contributed by atoms with van der Waals surface area (Å²) < 4.78 is 0. The van der Waals surface area contributed by atoms with E-state index in [1.807, 2.05) is 0 Å².